The standard InChI is InChI=1S/C24H22ClN3O5S/c1-14(22(29)26-16-10-18(31-2)12-19(11-16)32-3)34-24-27-21-9-15(25)6-7-20(21)23(30)28(24)13-17-5-4-8-33-17/h4-12,14H,13H2,1-3H3,(H,26,29). The van der Waals surface area contributed by atoms with Crippen LogP contribution >= 0.6 is 23.4 Å². The first-order valence-electron chi connectivity index (χ1n) is 10.3. The van der Waals surface area contributed by atoms with E-state index in [1.165, 1.54) is 30.5 Å². The number of halogens is 1. The van der Waals surface area contributed by atoms with E-state index in [4.69, 9.17) is 25.5 Å². The topological polar surface area (TPSA) is 95.6 Å². The number of thioether (sulfide) groups is 1. The van der Waals surface area contributed by atoms with Crippen molar-refractivity contribution in [1.82, 2.24) is 9.55 Å². The lowest BCUT2D eigenvalue weighted by molar-refractivity contribution is -0.115. The SMILES string of the molecule is COc1cc(NC(=O)C(C)Sc2nc3cc(Cl)ccc3c(=O)n2Cc2ccco2)cc(OC)c1. The van der Waals surface area contributed by atoms with Gasteiger partial charge in [-0.3, -0.25) is 14.2 Å². The van der Waals surface area contributed by atoms with Gasteiger partial charge in [0.25, 0.3) is 5.56 Å². The molecular weight excluding hydrogens is 478 g/mol. The number of aromatic nitrogens is 2. The molecule has 1 atom stereocenters. The summed E-state index contributed by atoms with van der Waals surface area (Å²) >= 11 is 7.29. The van der Waals surface area contributed by atoms with Gasteiger partial charge < -0.3 is 19.2 Å². The number of nitrogens with one attached hydrogen (secondary N) is 1. The number of benzene rings is 2. The number of anilines is 1. The van der Waals surface area contributed by atoms with E-state index in [0.29, 0.717) is 44.0 Å². The van der Waals surface area contributed by atoms with Gasteiger partial charge in [0.1, 0.15) is 17.3 Å². The Hall–Kier alpha value is -3.43. The Labute approximate surface area is 204 Å². The van der Waals surface area contributed by atoms with E-state index in [0.717, 1.165) is 0 Å². The smallest absolute Gasteiger partial charge is 0.262 e. The Morgan fingerprint density at radius 2 is 1.91 bits per heavy atom. The molecule has 1 N–H and O–H groups in total. The number of furan rings is 1. The fourth-order valence-electron chi connectivity index (χ4n) is 3.30. The highest BCUT2D eigenvalue weighted by molar-refractivity contribution is 8.00. The number of hydrogen-bond donors (Lipinski definition) is 1. The van der Waals surface area contributed by atoms with Crippen molar-refractivity contribution in [2.24, 2.45) is 0 Å². The molecule has 10 heteroatoms. The van der Waals surface area contributed by atoms with Crippen LogP contribution in [0.2, 0.25) is 5.02 Å². The van der Waals surface area contributed by atoms with Crippen LogP contribution in [0.3, 0.4) is 0 Å². The highest BCUT2D eigenvalue weighted by Gasteiger charge is 2.21. The van der Waals surface area contributed by atoms with E-state index in [9.17, 15) is 9.59 Å². The second-order valence-electron chi connectivity index (χ2n) is 7.38. The molecule has 2 aromatic carbocycles. The lowest BCUT2D eigenvalue weighted by atomic mass is 10.2. The Bertz CT molecular complexity index is 1370. The predicted molar refractivity (Wildman–Crippen MR) is 132 cm³/mol. The highest BCUT2D eigenvalue weighted by Crippen LogP contribution is 2.28. The Kier molecular flexibility index (Phi) is 7.14. The number of nitrogens with zero attached hydrogens (tertiary/aromatic N) is 2. The molecule has 0 spiro atoms. The third-order valence-corrected chi connectivity index (χ3v) is 6.37. The van der Waals surface area contributed by atoms with Crippen LogP contribution in [-0.2, 0) is 11.3 Å². The molecule has 0 radical (unpaired) electrons. The molecule has 34 heavy (non-hydrogen) atoms. The molecule has 176 valence electrons. The predicted octanol–water partition coefficient (Wildman–Crippen LogP) is 4.83. The zero-order valence-corrected chi connectivity index (χ0v) is 20.3. The second-order valence-corrected chi connectivity index (χ2v) is 9.12. The van der Waals surface area contributed by atoms with Crippen LogP contribution < -0.4 is 20.3 Å². The maximum atomic E-state index is 13.3. The Morgan fingerprint density at radius 1 is 1.18 bits per heavy atom. The van der Waals surface area contributed by atoms with E-state index in [-0.39, 0.29) is 18.0 Å². The van der Waals surface area contributed by atoms with E-state index in [2.05, 4.69) is 10.3 Å². The number of fused-ring (bicyclic) bond motifs is 1. The maximum absolute atomic E-state index is 13.3. The lowest BCUT2D eigenvalue weighted by Gasteiger charge is -2.16. The minimum absolute atomic E-state index is 0.182. The van der Waals surface area contributed by atoms with Gasteiger partial charge in [-0.15, -0.1) is 0 Å². The van der Waals surface area contributed by atoms with Crippen LogP contribution in [0.25, 0.3) is 10.9 Å². The van der Waals surface area contributed by atoms with Crippen LogP contribution in [0.1, 0.15) is 12.7 Å². The van der Waals surface area contributed by atoms with Gasteiger partial charge in [-0.25, -0.2) is 4.98 Å². The highest BCUT2D eigenvalue weighted by atomic mass is 35.5. The van der Waals surface area contributed by atoms with Crippen LogP contribution in [0.4, 0.5) is 5.69 Å². The van der Waals surface area contributed by atoms with Gasteiger partial charge in [-0.2, -0.15) is 0 Å². The van der Waals surface area contributed by atoms with Crippen molar-refractivity contribution in [3.05, 3.63) is 75.9 Å². The quantitative estimate of drug-likeness (QED) is 0.274. The molecule has 8 nitrogen and oxygen atoms in total. The number of methoxy groups -OCH3 is 2. The normalized spacial score (nSPS) is 11.9. The van der Waals surface area contributed by atoms with Crippen LogP contribution in [-0.4, -0.2) is 34.9 Å². The van der Waals surface area contributed by atoms with Crippen molar-refractivity contribution < 1.29 is 18.7 Å². The molecule has 1 unspecified atom stereocenters. The summed E-state index contributed by atoms with van der Waals surface area (Å²) in [7, 11) is 3.07. The first kappa shape index (κ1) is 23.7. The van der Waals surface area contributed by atoms with Crippen LogP contribution in [0, 0.1) is 0 Å². The molecule has 0 saturated carbocycles. The fourth-order valence-corrected chi connectivity index (χ4v) is 4.37. The van der Waals surface area contributed by atoms with Crippen molar-refractivity contribution in [3.63, 3.8) is 0 Å². The molecule has 2 heterocycles. The van der Waals surface area contributed by atoms with E-state index < -0.39 is 5.25 Å². The fraction of sp³-hybridized carbons (Fsp3) is 0.208. The van der Waals surface area contributed by atoms with Gasteiger partial charge in [-0.05, 0) is 37.3 Å². The number of hydrogen-bond acceptors (Lipinski definition) is 7. The molecule has 2 aromatic heterocycles. The largest absolute Gasteiger partial charge is 0.497 e. The Balaban J connectivity index is 1.64. The summed E-state index contributed by atoms with van der Waals surface area (Å²) in [5, 5.41) is 3.56. The van der Waals surface area contributed by atoms with E-state index in [1.807, 2.05) is 0 Å². The molecule has 0 saturated heterocycles. The lowest BCUT2D eigenvalue weighted by Crippen LogP contribution is -2.27. The first-order valence-corrected chi connectivity index (χ1v) is 11.6. The van der Waals surface area contributed by atoms with Crippen LogP contribution in [0.15, 0.2) is 69.2 Å². The van der Waals surface area contributed by atoms with Crippen molar-refractivity contribution in [3.8, 4) is 11.5 Å². The second kappa shape index (κ2) is 10.2. The molecule has 4 rings (SSSR count). The summed E-state index contributed by atoms with van der Waals surface area (Å²) in [6, 6.07) is 13.6. The van der Waals surface area contributed by atoms with Gasteiger partial charge in [0.15, 0.2) is 5.16 Å². The van der Waals surface area contributed by atoms with E-state index in [1.54, 1.807) is 61.7 Å². The monoisotopic (exact) mass is 499 g/mol. The third-order valence-electron chi connectivity index (χ3n) is 5.05. The van der Waals surface area contributed by atoms with Gasteiger partial charge in [0.2, 0.25) is 5.91 Å². The van der Waals surface area contributed by atoms with Crippen molar-refractivity contribution in [2.75, 3.05) is 19.5 Å². The molecule has 4 aromatic rings. The summed E-state index contributed by atoms with van der Waals surface area (Å²) in [4.78, 5) is 30.9. The average molecular weight is 500 g/mol. The van der Waals surface area contributed by atoms with Crippen molar-refractivity contribution in [1.29, 1.82) is 0 Å². The molecule has 0 bridgehead atoms. The van der Waals surface area contributed by atoms with Crippen molar-refractivity contribution in [2.45, 2.75) is 23.9 Å². The van der Waals surface area contributed by atoms with Gasteiger partial charge in [0.05, 0.1) is 43.2 Å². The molecule has 0 aliphatic carbocycles. The number of rotatable bonds is 8. The van der Waals surface area contributed by atoms with Crippen molar-refractivity contribution >= 4 is 45.9 Å². The Morgan fingerprint density at radius 3 is 2.56 bits per heavy atom. The third kappa shape index (κ3) is 5.21. The minimum atomic E-state index is -0.580. The molecule has 1 amide bonds. The number of amides is 1. The van der Waals surface area contributed by atoms with Gasteiger partial charge in [0, 0.05) is 28.9 Å². The summed E-state index contributed by atoms with van der Waals surface area (Å²) in [6.07, 6.45) is 1.54. The molecule has 0 aliphatic rings. The summed E-state index contributed by atoms with van der Waals surface area (Å²) in [5.74, 6) is 1.43. The van der Waals surface area contributed by atoms with Crippen LogP contribution in [0.5, 0.6) is 11.5 Å². The maximum Gasteiger partial charge on any atom is 0.262 e. The number of carbonyl (C=O) groups excluding carboxylic acids is 1. The number of carbonyl (C=O) groups is 1. The summed E-state index contributed by atoms with van der Waals surface area (Å²) in [5.41, 5.74) is 0.742. The molecule has 0 fully saturated rings. The average Bonchev–Trinajstić information content (AvgIpc) is 3.34. The van der Waals surface area contributed by atoms with Gasteiger partial charge in [-0.1, -0.05) is 23.4 Å². The zero-order chi connectivity index (χ0) is 24.2. The first-order chi connectivity index (χ1) is 16.4. The minimum Gasteiger partial charge on any atom is -0.497 e. The van der Waals surface area contributed by atoms with Gasteiger partial charge >= 0.3 is 0 Å². The van der Waals surface area contributed by atoms with E-state index >= 15 is 0 Å². The summed E-state index contributed by atoms with van der Waals surface area (Å²) < 4.78 is 17.5. The number of ether oxygens (including phenoxy) is 2. The molecule has 0 aliphatic heterocycles. The molecular formula is C24H22ClN3O5S. The summed E-state index contributed by atoms with van der Waals surface area (Å²) in [6.45, 7) is 1.92. The zero-order valence-electron chi connectivity index (χ0n) is 18.7.